The molecule has 4 rings (SSSR count). The summed E-state index contributed by atoms with van der Waals surface area (Å²) in [6.07, 6.45) is 8.92. The highest BCUT2D eigenvalue weighted by Gasteiger charge is 2.60. The molecule has 0 spiro atoms. The number of Topliss-reactive ketones (excluding diaryl/α,β-unsaturated/α-hetero) is 1. The minimum Gasteiger partial charge on any atom is -0.300 e. The maximum atomic E-state index is 12.2. The summed E-state index contributed by atoms with van der Waals surface area (Å²) in [6, 6.07) is 0. The van der Waals surface area contributed by atoms with Crippen LogP contribution < -0.4 is 0 Å². The van der Waals surface area contributed by atoms with Gasteiger partial charge in [-0.2, -0.15) is 8.42 Å². The Bertz CT molecular complexity index is 718. The summed E-state index contributed by atoms with van der Waals surface area (Å²) in [5, 5.41) is 0. The van der Waals surface area contributed by atoms with Crippen LogP contribution in [0.15, 0.2) is 0 Å². The van der Waals surface area contributed by atoms with E-state index in [1.54, 1.807) is 6.92 Å². The molecule has 0 amide bonds. The lowest BCUT2D eigenvalue weighted by atomic mass is 9.44. The highest BCUT2D eigenvalue weighted by atomic mass is 32.3. The van der Waals surface area contributed by atoms with Crippen LogP contribution in [0.4, 0.5) is 0 Å². The molecule has 6 heteroatoms. The van der Waals surface area contributed by atoms with Crippen molar-refractivity contribution in [2.75, 3.05) is 0 Å². The van der Waals surface area contributed by atoms with E-state index in [0.717, 1.165) is 32.1 Å². The predicted octanol–water partition coefficient (Wildman–Crippen LogP) is 4.42. The van der Waals surface area contributed by atoms with Crippen molar-refractivity contribution in [1.82, 2.24) is 0 Å². The van der Waals surface area contributed by atoms with Crippen LogP contribution >= 0.6 is 0 Å². The van der Waals surface area contributed by atoms with Crippen molar-refractivity contribution in [3.8, 4) is 0 Å². The van der Waals surface area contributed by atoms with Gasteiger partial charge < -0.3 is 0 Å². The Hall–Kier alpha value is -0.460. The molecule has 0 aromatic carbocycles. The van der Waals surface area contributed by atoms with Crippen LogP contribution in [0, 0.1) is 40.4 Å². The minimum atomic E-state index is -4.37. The number of ketones is 1. The van der Waals surface area contributed by atoms with E-state index in [2.05, 4.69) is 13.8 Å². The fourth-order valence-corrected chi connectivity index (χ4v) is 8.66. The quantitative estimate of drug-likeness (QED) is 0.712. The maximum absolute atomic E-state index is 12.2. The van der Waals surface area contributed by atoms with Gasteiger partial charge in [-0.05, 0) is 99.2 Å². The average Bonchev–Trinajstić information content (AvgIpc) is 2.91. The van der Waals surface area contributed by atoms with Crippen molar-refractivity contribution < 1.29 is 21.9 Å². The molecule has 0 aromatic rings. The summed E-state index contributed by atoms with van der Waals surface area (Å²) in [5.74, 6) is 3.12. The van der Waals surface area contributed by atoms with Gasteiger partial charge in [-0.25, -0.2) is 4.18 Å². The van der Waals surface area contributed by atoms with Crippen molar-refractivity contribution in [1.29, 1.82) is 0 Å². The molecule has 8 atom stereocenters. The number of rotatable bonds is 3. The Labute approximate surface area is 163 Å². The summed E-state index contributed by atoms with van der Waals surface area (Å²) in [7, 11) is -4.37. The molecule has 0 unspecified atom stereocenters. The smallest absolute Gasteiger partial charge is 0.300 e. The van der Waals surface area contributed by atoms with Gasteiger partial charge in [0.2, 0.25) is 0 Å². The minimum absolute atomic E-state index is 0.182. The summed E-state index contributed by atoms with van der Waals surface area (Å²) < 4.78 is 36.2. The van der Waals surface area contributed by atoms with E-state index in [1.165, 1.54) is 19.3 Å². The Kier molecular flexibility index (Phi) is 4.80. The first-order valence-electron chi connectivity index (χ1n) is 10.7. The third kappa shape index (κ3) is 3.20. The molecule has 0 aliphatic heterocycles. The second-order valence-corrected chi connectivity index (χ2v) is 11.4. The highest BCUT2D eigenvalue weighted by molar-refractivity contribution is 7.80. The average molecular weight is 399 g/mol. The lowest BCUT2D eigenvalue weighted by molar-refractivity contribution is -0.137. The van der Waals surface area contributed by atoms with Crippen LogP contribution in [-0.2, 0) is 19.4 Å². The molecule has 4 saturated carbocycles. The SMILES string of the molecule is CC(=O)[C@H]1CC[C@H]2[C@@H]3CC[C@@H]4C[C@@H](OS(=O)(=O)O)CC[C@]4(C)[C@H]3CC[C@]12C. The summed E-state index contributed by atoms with van der Waals surface area (Å²) in [4.78, 5) is 12.2. The molecule has 0 aromatic heterocycles. The lowest BCUT2D eigenvalue weighted by Crippen LogP contribution is -2.54. The summed E-state index contributed by atoms with van der Waals surface area (Å²) in [5.41, 5.74) is 0.416. The van der Waals surface area contributed by atoms with Crippen LogP contribution in [0.2, 0.25) is 0 Å². The molecule has 4 fully saturated rings. The molecule has 27 heavy (non-hydrogen) atoms. The number of fused-ring (bicyclic) bond motifs is 5. The van der Waals surface area contributed by atoms with Gasteiger partial charge in [-0.3, -0.25) is 9.35 Å². The molecule has 0 radical (unpaired) electrons. The van der Waals surface area contributed by atoms with E-state index in [-0.39, 0.29) is 22.9 Å². The second-order valence-electron chi connectivity index (χ2n) is 10.4. The van der Waals surface area contributed by atoms with Crippen molar-refractivity contribution in [3.05, 3.63) is 0 Å². The Balaban J connectivity index is 1.53. The van der Waals surface area contributed by atoms with Gasteiger partial charge in [0.25, 0.3) is 0 Å². The fraction of sp³-hybridized carbons (Fsp3) is 0.952. The second kappa shape index (κ2) is 6.53. The normalized spacial score (nSPS) is 49.8. The van der Waals surface area contributed by atoms with Crippen molar-refractivity contribution in [2.24, 2.45) is 40.4 Å². The van der Waals surface area contributed by atoms with E-state index in [1.807, 2.05) is 0 Å². The molecular weight excluding hydrogens is 364 g/mol. The highest BCUT2D eigenvalue weighted by Crippen LogP contribution is 2.67. The zero-order valence-corrected chi connectivity index (χ0v) is 17.6. The fourth-order valence-electron chi connectivity index (χ4n) is 8.15. The van der Waals surface area contributed by atoms with E-state index in [4.69, 9.17) is 8.74 Å². The molecular formula is C21H34O5S. The van der Waals surface area contributed by atoms with E-state index in [9.17, 15) is 13.2 Å². The Morgan fingerprint density at radius 2 is 1.63 bits per heavy atom. The first kappa shape index (κ1) is 19.8. The lowest BCUT2D eigenvalue weighted by Gasteiger charge is -2.61. The molecule has 0 bridgehead atoms. The molecule has 0 heterocycles. The molecule has 4 aliphatic carbocycles. The van der Waals surface area contributed by atoms with E-state index < -0.39 is 10.4 Å². The summed E-state index contributed by atoms with van der Waals surface area (Å²) in [6.45, 7) is 6.57. The first-order chi connectivity index (χ1) is 12.5. The molecule has 5 nitrogen and oxygen atoms in total. The monoisotopic (exact) mass is 398 g/mol. The van der Waals surface area contributed by atoms with E-state index >= 15 is 0 Å². The van der Waals surface area contributed by atoms with Crippen molar-refractivity contribution >= 4 is 16.2 Å². The number of hydrogen-bond acceptors (Lipinski definition) is 4. The topological polar surface area (TPSA) is 80.7 Å². The van der Waals surface area contributed by atoms with Gasteiger partial charge >= 0.3 is 10.4 Å². The molecule has 154 valence electrons. The Morgan fingerprint density at radius 1 is 0.963 bits per heavy atom. The van der Waals surface area contributed by atoms with Gasteiger partial charge in [-0.1, -0.05) is 13.8 Å². The van der Waals surface area contributed by atoms with Crippen LogP contribution in [0.25, 0.3) is 0 Å². The predicted molar refractivity (Wildman–Crippen MR) is 102 cm³/mol. The van der Waals surface area contributed by atoms with Gasteiger partial charge in [0.15, 0.2) is 0 Å². The van der Waals surface area contributed by atoms with Gasteiger partial charge in [0.05, 0.1) is 6.10 Å². The molecule has 0 saturated heterocycles. The van der Waals surface area contributed by atoms with Crippen LogP contribution in [0.3, 0.4) is 0 Å². The Morgan fingerprint density at radius 3 is 2.30 bits per heavy atom. The third-order valence-electron chi connectivity index (χ3n) is 9.37. The molecule has 4 aliphatic rings. The van der Waals surface area contributed by atoms with E-state index in [0.29, 0.717) is 35.9 Å². The van der Waals surface area contributed by atoms with Crippen molar-refractivity contribution in [3.63, 3.8) is 0 Å². The first-order valence-corrected chi connectivity index (χ1v) is 12.1. The van der Waals surface area contributed by atoms with Crippen LogP contribution in [0.5, 0.6) is 0 Å². The standard InChI is InChI=1S/C21H34O5S/c1-13(22)17-6-7-18-16-5-4-14-12-15(26-27(23,24)25)8-10-20(14,2)19(16)9-11-21(17,18)3/h14-19H,4-12H2,1-3H3,(H,23,24,25)/t14-,15+,16+,17-,18+,19+,20+,21-/m1/s1. The molecule has 1 N–H and O–H groups in total. The van der Waals surface area contributed by atoms with Crippen LogP contribution in [0.1, 0.15) is 78.6 Å². The maximum Gasteiger partial charge on any atom is 0.397 e. The third-order valence-corrected chi connectivity index (χ3v) is 9.88. The van der Waals surface area contributed by atoms with Crippen LogP contribution in [-0.4, -0.2) is 24.9 Å². The van der Waals surface area contributed by atoms with Gasteiger partial charge in [-0.15, -0.1) is 0 Å². The summed E-state index contributed by atoms with van der Waals surface area (Å²) >= 11 is 0. The number of carbonyl (C=O) groups is 1. The zero-order valence-electron chi connectivity index (χ0n) is 16.8. The number of carbonyl (C=O) groups excluding carboxylic acids is 1. The van der Waals surface area contributed by atoms with Crippen molar-refractivity contribution in [2.45, 2.75) is 84.7 Å². The van der Waals surface area contributed by atoms with Gasteiger partial charge in [0, 0.05) is 5.92 Å². The largest absolute Gasteiger partial charge is 0.397 e. The zero-order chi connectivity index (χ0) is 19.6. The van der Waals surface area contributed by atoms with Gasteiger partial charge in [0.1, 0.15) is 5.78 Å². The number of hydrogen-bond donors (Lipinski definition) is 1.